The summed E-state index contributed by atoms with van der Waals surface area (Å²) in [5.74, 6) is 0.364. The van der Waals surface area contributed by atoms with E-state index in [0.29, 0.717) is 18.2 Å². The molecule has 2 aromatic rings. The maximum absolute atomic E-state index is 12.9. The molecule has 0 saturated carbocycles. The fourth-order valence-electron chi connectivity index (χ4n) is 2.50. The summed E-state index contributed by atoms with van der Waals surface area (Å²) in [6.45, 7) is 2.07. The van der Waals surface area contributed by atoms with E-state index in [2.05, 4.69) is 9.88 Å². The first-order chi connectivity index (χ1) is 10.1. The Kier molecular flexibility index (Phi) is 3.70. The van der Waals surface area contributed by atoms with Crippen molar-refractivity contribution in [2.45, 2.75) is 13.0 Å². The first kappa shape index (κ1) is 13.8. The monoisotopic (exact) mass is 290 g/mol. The molecule has 2 heterocycles. The van der Waals surface area contributed by atoms with Gasteiger partial charge in [0.25, 0.3) is 0 Å². The van der Waals surface area contributed by atoms with Crippen molar-refractivity contribution in [1.82, 2.24) is 9.88 Å². The highest BCUT2D eigenvalue weighted by Crippen LogP contribution is 2.24. The lowest BCUT2D eigenvalue weighted by atomic mass is 9.97. The molecule has 0 atom stereocenters. The number of carboxylic acids is 1. The molecule has 1 saturated heterocycles. The number of likely N-dealkylation sites (tertiary alicyclic amines) is 1. The molecule has 0 unspecified atom stereocenters. The number of aromatic nitrogens is 1. The first-order valence-corrected chi connectivity index (χ1v) is 6.75. The largest absolute Gasteiger partial charge is 0.481 e. The molecule has 110 valence electrons. The molecule has 6 heteroatoms. The molecule has 1 fully saturated rings. The topological polar surface area (TPSA) is 66.6 Å². The van der Waals surface area contributed by atoms with E-state index in [1.807, 2.05) is 0 Å². The zero-order valence-electron chi connectivity index (χ0n) is 11.3. The fraction of sp³-hybridized carbons (Fsp3) is 0.333. The summed E-state index contributed by atoms with van der Waals surface area (Å²) in [5, 5.41) is 8.70. The minimum atomic E-state index is -0.755. The van der Waals surface area contributed by atoms with Crippen LogP contribution in [0.3, 0.4) is 0 Å². The van der Waals surface area contributed by atoms with E-state index in [4.69, 9.17) is 9.52 Å². The van der Waals surface area contributed by atoms with Gasteiger partial charge in [0.05, 0.1) is 19.2 Å². The van der Waals surface area contributed by atoms with Crippen LogP contribution < -0.4 is 0 Å². The molecule has 1 N–H and O–H groups in total. The van der Waals surface area contributed by atoms with Crippen LogP contribution in [0.2, 0.25) is 0 Å². The van der Waals surface area contributed by atoms with E-state index >= 15 is 0 Å². The molecule has 0 amide bonds. The SMILES string of the molecule is O=C(O)CC1CN(Cc2ncc(-c3ccc(F)cc3)o2)C1. The van der Waals surface area contributed by atoms with Gasteiger partial charge in [-0.15, -0.1) is 0 Å². The third-order valence-corrected chi connectivity index (χ3v) is 3.54. The van der Waals surface area contributed by atoms with Crippen LogP contribution in [0.15, 0.2) is 34.9 Å². The molecule has 0 spiro atoms. The maximum atomic E-state index is 12.9. The lowest BCUT2D eigenvalue weighted by Gasteiger charge is -2.37. The molecule has 0 bridgehead atoms. The minimum absolute atomic E-state index is 0.211. The quantitative estimate of drug-likeness (QED) is 0.915. The number of oxazole rings is 1. The van der Waals surface area contributed by atoms with Gasteiger partial charge in [0.1, 0.15) is 5.82 Å². The molecule has 21 heavy (non-hydrogen) atoms. The Hall–Kier alpha value is -2.21. The number of aliphatic carboxylic acids is 1. The van der Waals surface area contributed by atoms with E-state index in [1.54, 1.807) is 18.3 Å². The Labute approximate surface area is 121 Å². The average molecular weight is 290 g/mol. The summed E-state index contributed by atoms with van der Waals surface area (Å²) < 4.78 is 18.5. The van der Waals surface area contributed by atoms with Crippen molar-refractivity contribution in [3.05, 3.63) is 42.2 Å². The molecule has 1 aliphatic heterocycles. The van der Waals surface area contributed by atoms with Gasteiger partial charge in [-0.25, -0.2) is 9.37 Å². The van der Waals surface area contributed by atoms with Crippen LogP contribution in [-0.4, -0.2) is 34.0 Å². The predicted molar refractivity (Wildman–Crippen MR) is 72.9 cm³/mol. The van der Waals surface area contributed by atoms with Crippen molar-refractivity contribution in [2.75, 3.05) is 13.1 Å². The Morgan fingerprint density at radius 1 is 1.38 bits per heavy atom. The molecule has 1 aliphatic rings. The van der Waals surface area contributed by atoms with Gasteiger partial charge in [0.15, 0.2) is 5.76 Å². The molecular weight excluding hydrogens is 275 g/mol. The third kappa shape index (κ3) is 3.28. The number of hydrogen-bond donors (Lipinski definition) is 1. The zero-order chi connectivity index (χ0) is 14.8. The van der Waals surface area contributed by atoms with Crippen molar-refractivity contribution in [1.29, 1.82) is 0 Å². The number of rotatable bonds is 5. The van der Waals surface area contributed by atoms with Crippen LogP contribution in [0.1, 0.15) is 12.3 Å². The van der Waals surface area contributed by atoms with Gasteiger partial charge < -0.3 is 9.52 Å². The maximum Gasteiger partial charge on any atom is 0.303 e. The summed E-state index contributed by atoms with van der Waals surface area (Å²) in [6.07, 6.45) is 1.83. The first-order valence-electron chi connectivity index (χ1n) is 6.75. The van der Waals surface area contributed by atoms with Crippen LogP contribution in [0.25, 0.3) is 11.3 Å². The summed E-state index contributed by atoms with van der Waals surface area (Å²) >= 11 is 0. The third-order valence-electron chi connectivity index (χ3n) is 3.54. The Morgan fingerprint density at radius 2 is 2.10 bits per heavy atom. The van der Waals surface area contributed by atoms with E-state index in [0.717, 1.165) is 18.7 Å². The van der Waals surface area contributed by atoms with Crippen LogP contribution >= 0.6 is 0 Å². The van der Waals surface area contributed by atoms with Gasteiger partial charge in [-0.05, 0) is 30.2 Å². The number of carboxylic acid groups (broad SMARTS) is 1. The highest BCUT2D eigenvalue weighted by Gasteiger charge is 2.29. The van der Waals surface area contributed by atoms with Crippen molar-refractivity contribution in [3.8, 4) is 11.3 Å². The molecular formula is C15H15FN2O3. The summed E-state index contributed by atoms with van der Waals surface area (Å²) in [7, 11) is 0. The van der Waals surface area contributed by atoms with Gasteiger partial charge in [0.2, 0.25) is 5.89 Å². The van der Waals surface area contributed by atoms with Crippen LogP contribution in [0.4, 0.5) is 4.39 Å². The molecule has 0 radical (unpaired) electrons. The fourth-order valence-corrected chi connectivity index (χ4v) is 2.50. The van der Waals surface area contributed by atoms with Gasteiger partial charge >= 0.3 is 5.97 Å². The number of carbonyl (C=O) groups is 1. The Balaban J connectivity index is 1.57. The zero-order valence-corrected chi connectivity index (χ0v) is 11.3. The molecule has 1 aromatic heterocycles. The van der Waals surface area contributed by atoms with Crippen LogP contribution in [0.5, 0.6) is 0 Å². The second kappa shape index (κ2) is 5.65. The molecule has 1 aromatic carbocycles. The van der Waals surface area contributed by atoms with Crippen LogP contribution in [0, 0.1) is 11.7 Å². The second-order valence-electron chi connectivity index (χ2n) is 5.28. The highest BCUT2D eigenvalue weighted by atomic mass is 19.1. The van der Waals surface area contributed by atoms with E-state index in [1.165, 1.54) is 12.1 Å². The predicted octanol–water partition coefficient (Wildman–Crippen LogP) is 2.39. The van der Waals surface area contributed by atoms with Crippen molar-refractivity contribution < 1.29 is 18.7 Å². The summed E-state index contributed by atoms with van der Waals surface area (Å²) in [4.78, 5) is 16.9. The Morgan fingerprint density at radius 3 is 2.76 bits per heavy atom. The average Bonchev–Trinajstić information content (AvgIpc) is 2.85. The van der Waals surface area contributed by atoms with Gasteiger partial charge in [-0.2, -0.15) is 0 Å². The van der Waals surface area contributed by atoms with Crippen molar-refractivity contribution >= 4 is 5.97 Å². The number of benzene rings is 1. The molecule has 5 nitrogen and oxygen atoms in total. The second-order valence-corrected chi connectivity index (χ2v) is 5.28. The summed E-state index contributed by atoms with van der Waals surface area (Å²) in [5.41, 5.74) is 0.780. The van der Waals surface area contributed by atoms with Crippen LogP contribution in [-0.2, 0) is 11.3 Å². The van der Waals surface area contributed by atoms with Gasteiger partial charge in [0, 0.05) is 18.7 Å². The highest BCUT2D eigenvalue weighted by molar-refractivity contribution is 5.67. The lowest BCUT2D eigenvalue weighted by molar-refractivity contribution is -0.139. The normalized spacial score (nSPS) is 15.9. The van der Waals surface area contributed by atoms with Gasteiger partial charge in [-0.3, -0.25) is 9.69 Å². The number of nitrogens with zero attached hydrogens (tertiary/aromatic N) is 2. The smallest absolute Gasteiger partial charge is 0.303 e. The molecule has 3 rings (SSSR count). The van der Waals surface area contributed by atoms with Gasteiger partial charge in [-0.1, -0.05) is 0 Å². The number of hydrogen-bond acceptors (Lipinski definition) is 4. The van der Waals surface area contributed by atoms with E-state index < -0.39 is 5.97 Å². The molecule has 0 aliphatic carbocycles. The van der Waals surface area contributed by atoms with E-state index in [9.17, 15) is 9.18 Å². The minimum Gasteiger partial charge on any atom is -0.481 e. The summed E-state index contributed by atoms with van der Waals surface area (Å²) in [6, 6.07) is 6.05. The van der Waals surface area contributed by atoms with E-state index in [-0.39, 0.29) is 18.2 Å². The lowest BCUT2D eigenvalue weighted by Crippen LogP contribution is -2.46. The van der Waals surface area contributed by atoms with Crippen molar-refractivity contribution in [3.63, 3.8) is 0 Å². The standard InChI is InChI=1S/C15H15FN2O3/c16-12-3-1-11(2-4-12)13-6-17-14(21-13)9-18-7-10(8-18)5-15(19)20/h1-4,6,10H,5,7-9H2,(H,19,20). The number of halogens is 1. The van der Waals surface area contributed by atoms with Crippen molar-refractivity contribution in [2.24, 2.45) is 5.92 Å². The Bertz CT molecular complexity index is 633.